The second kappa shape index (κ2) is 20.5. The quantitative estimate of drug-likeness (QED) is 0.0818. The Morgan fingerprint density at radius 3 is 2.10 bits per heavy atom. The number of rotatable bonds is 25. The lowest BCUT2D eigenvalue weighted by Gasteiger charge is -2.17. The van der Waals surface area contributed by atoms with Gasteiger partial charge in [-0.15, -0.1) is 0 Å². The molecule has 0 aliphatic heterocycles. The lowest BCUT2D eigenvalue weighted by Crippen LogP contribution is -2.17. The van der Waals surface area contributed by atoms with Crippen molar-refractivity contribution in [2.45, 2.75) is 122 Å². The van der Waals surface area contributed by atoms with Crippen molar-refractivity contribution in [1.29, 1.82) is 0 Å². The van der Waals surface area contributed by atoms with Crippen molar-refractivity contribution >= 4 is 36.3 Å². The highest BCUT2D eigenvalue weighted by Gasteiger charge is 2.25. The van der Waals surface area contributed by atoms with Gasteiger partial charge in [-0.2, -0.15) is 24.9 Å². The summed E-state index contributed by atoms with van der Waals surface area (Å²) in [5, 5.41) is 0. The van der Waals surface area contributed by atoms with Crippen LogP contribution in [0.25, 0.3) is 11.2 Å². The molecule has 0 aliphatic carbocycles. The summed E-state index contributed by atoms with van der Waals surface area (Å²) < 4.78 is 61.1. The maximum absolute atomic E-state index is 12.3. The van der Waals surface area contributed by atoms with Crippen LogP contribution in [0, 0.1) is 0 Å². The normalized spacial score (nSPS) is 14.4. The molecule has 0 aliphatic rings. The summed E-state index contributed by atoms with van der Waals surface area (Å²) in [5.41, 5.74) is 6.89. The first-order valence-electron chi connectivity index (χ1n) is 15.2. The van der Waals surface area contributed by atoms with Gasteiger partial charge in [-0.05, 0) is 25.5 Å². The zero-order valence-corrected chi connectivity index (χ0v) is 26.6. The van der Waals surface area contributed by atoms with Crippen LogP contribution in [0.3, 0.4) is 0 Å². The Hall–Kier alpha value is -1.40. The molecule has 2 atom stereocenters. The highest BCUT2D eigenvalue weighted by atomic mass is 32.2. The Labute approximate surface area is 252 Å². The van der Waals surface area contributed by atoms with E-state index in [-0.39, 0.29) is 25.5 Å². The first kappa shape index (κ1) is 36.8. The van der Waals surface area contributed by atoms with Gasteiger partial charge < -0.3 is 24.5 Å². The predicted octanol–water partition coefficient (Wildman–Crippen LogP) is 8.12. The van der Waals surface area contributed by atoms with Crippen LogP contribution in [0.15, 0.2) is 12.7 Å². The van der Waals surface area contributed by atoms with Crippen molar-refractivity contribution in [1.82, 2.24) is 19.5 Å². The molecule has 0 radical (unpaired) electrons. The van der Waals surface area contributed by atoms with E-state index in [4.69, 9.17) is 15.0 Å². The highest BCUT2D eigenvalue weighted by molar-refractivity contribution is 7.99. The number of anilines is 1. The second-order valence-corrected chi connectivity index (χ2v) is 13.8. The van der Waals surface area contributed by atoms with Gasteiger partial charge in [0.15, 0.2) is 11.5 Å². The van der Waals surface area contributed by atoms with Crippen molar-refractivity contribution < 1.29 is 31.9 Å². The minimum atomic E-state index is -4.01. The van der Waals surface area contributed by atoms with E-state index in [2.05, 4.69) is 15.0 Å². The molecule has 0 bridgehead atoms. The molecule has 0 amide bonds. The molecule has 0 fully saturated rings. The van der Waals surface area contributed by atoms with Crippen LogP contribution in [0.4, 0.5) is 19.0 Å². The van der Waals surface area contributed by atoms with E-state index in [9.17, 15) is 22.6 Å². The number of halogens is 3. The highest BCUT2D eigenvalue weighted by Crippen LogP contribution is 2.42. The zero-order valence-electron chi connectivity index (χ0n) is 24.9. The number of alkyl halides is 3. The van der Waals surface area contributed by atoms with Gasteiger partial charge >= 0.3 is 13.8 Å². The Morgan fingerprint density at radius 1 is 0.929 bits per heavy atom. The molecule has 14 heteroatoms. The first-order valence-corrected chi connectivity index (χ1v) is 18.1. The summed E-state index contributed by atoms with van der Waals surface area (Å²) in [7, 11) is -3.83. The van der Waals surface area contributed by atoms with Crippen LogP contribution in [0.5, 0.6) is 0 Å². The summed E-state index contributed by atoms with van der Waals surface area (Å²) in [5.74, 6) is 1.97. The van der Waals surface area contributed by atoms with Gasteiger partial charge in [0.1, 0.15) is 18.2 Å². The standard InChI is InChI=1S/C28H49F3N5O4PS/c1-24(20-36-22-35-25-26(32)33-21-34-27(25)36)39-23-41(37,38)40-17-19-42-18-15-13-11-9-7-5-3-2-4-6-8-10-12-14-16-28(29,30)31/h21-22,24H,2-20,23H2,1H3,(H,37,38)(H2,32,33,34)/t24-/m1/s1. The molecule has 0 saturated carbocycles. The third-order valence-electron chi connectivity index (χ3n) is 6.93. The molecule has 42 heavy (non-hydrogen) atoms. The van der Waals surface area contributed by atoms with Gasteiger partial charge in [0.05, 0.1) is 25.6 Å². The lowest BCUT2D eigenvalue weighted by atomic mass is 10.0. The number of unbranched alkanes of at least 4 members (excludes halogenated alkanes) is 13. The van der Waals surface area contributed by atoms with Crippen LogP contribution in [-0.4, -0.2) is 61.2 Å². The minimum Gasteiger partial charge on any atom is -0.382 e. The molecule has 0 saturated heterocycles. The fraction of sp³-hybridized carbons (Fsp3) is 0.821. The summed E-state index contributed by atoms with van der Waals surface area (Å²) in [6.45, 7) is 2.40. The van der Waals surface area contributed by atoms with Gasteiger partial charge in [0.2, 0.25) is 0 Å². The Balaban J connectivity index is 1.35. The molecule has 1 unspecified atom stereocenters. The number of hydrogen-bond acceptors (Lipinski definition) is 8. The largest absolute Gasteiger partial charge is 0.389 e. The fourth-order valence-corrected chi connectivity index (χ4v) is 6.44. The number of fused-ring (bicyclic) bond motifs is 1. The van der Waals surface area contributed by atoms with Gasteiger partial charge in [-0.25, -0.2) is 15.0 Å². The predicted molar refractivity (Wildman–Crippen MR) is 164 cm³/mol. The third-order valence-corrected chi connectivity index (χ3v) is 9.02. The molecule has 0 aromatic carbocycles. The topological polar surface area (TPSA) is 125 Å². The van der Waals surface area contributed by atoms with Gasteiger partial charge in [-0.1, -0.05) is 77.0 Å². The minimum absolute atomic E-state index is 0.205. The molecule has 242 valence electrons. The van der Waals surface area contributed by atoms with Crippen molar-refractivity contribution in [2.75, 3.05) is 30.2 Å². The molecule has 2 rings (SSSR count). The Kier molecular flexibility index (Phi) is 18.0. The number of aromatic nitrogens is 4. The lowest BCUT2D eigenvalue weighted by molar-refractivity contribution is -0.135. The van der Waals surface area contributed by atoms with E-state index in [0.29, 0.717) is 35.7 Å². The third kappa shape index (κ3) is 17.0. The van der Waals surface area contributed by atoms with Crippen LogP contribution >= 0.6 is 19.4 Å². The molecule has 2 aromatic heterocycles. The van der Waals surface area contributed by atoms with Crippen LogP contribution in [0.1, 0.15) is 103 Å². The van der Waals surface area contributed by atoms with E-state index in [1.807, 2.05) is 0 Å². The second-order valence-electron chi connectivity index (χ2n) is 10.8. The van der Waals surface area contributed by atoms with E-state index in [0.717, 1.165) is 31.4 Å². The average molecular weight is 640 g/mol. The Bertz CT molecular complexity index is 1050. The number of ether oxygens (including phenoxy) is 1. The number of hydrogen-bond donors (Lipinski definition) is 2. The van der Waals surface area contributed by atoms with Gasteiger partial charge in [0, 0.05) is 12.2 Å². The van der Waals surface area contributed by atoms with Crippen molar-refractivity contribution in [2.24, 2.45) is 0 Å². The SMILES string of the molecule is C[C@H](Cn1cnc2c(N)ncnc21)OCP(=O)(O)OCCSCCCCCCCCCCCCCCCCC(F)(F)F. The molecule has 2 heterocycles. The molecule has 2 aromatic rings. The molecular formula is C28H49F3N5O4PS. The van der Waals surface area contributed by atoms with Gasteiger partial charge in [-0.3, -0.25) is 4.57 Å². The van der Waals surface area contributed by atoms with E-state index in [1.165, 1.54) is 57.7 Å². The van der Waals surface area contributed by atoms with Crippen molar-refractivity contribution in [3.05, 3.63) is 12.7 Å². The summed E-state index contributed by atoms with van der Waals surface area (Å²) in [6.07, 6.45) is 12.6. The first-order chi connectivity index (χ1) is 20.1. The molecule has 0 spiro atoms. The van der Waals surface area contributed by atoms with Crippen molar-refractivity contribution in [3.63, 3.8) is 0 Å². The number of thioether (sulfide) groups is 1. The van der Waals surface area contributed by atoms with Gasteiger partial charge in [0.25, 0.3) is 0 Å². The number of nitrogens with zero attached hydrogens (tertiary/aromatic N) is 4. The smallest absolute Gasteiger partial charge is 0.382 e. The van der Waals surface area contributed by atoms with Crippen LogP contribution in [-0.2, 0) is 20.4 Å². The molecular weight excluding hydrogens is 590 g/mol. The summed E-state index contributed by atoms with van der Waals surface area (Å²) >= 11 is 1.73. The van der Waals surface area contributed by atoms with Crippen LogP contribution in [0.2, 0.25) is 0 Å². The van der Waals surface area contributed by atoms with Crippen LogP contribution < -0.4 is 5.73 Å². The van der Waals surface area contributed by atoms with E-state index < -0.39 is 20.2 Å². The number of imidazole rings is 1. The maximum Gasteiger partial charge on any atom is 0.389 e. The average Bonchev–Trinajstić information content (AvgIpc) is 3.34. The van der Waals surface area contributed by atoms with E-state index in [1.54, 1.807) is 29.6 Å². The van der Waals surface area contributed by atoms with Crippen molar-refractivity contribution in [3.8, 4) is 0 Å². The van der Waals surface area contributed by atoms with E-state index >= 15 is 0 Å². The Morgan fingerprint density at radius 2 is 1.50 bits per heavy atom. The number of nitrogens with two attached hydrogens (primary N) is 1. The monoisotopic (exact) mass is 639 g/mol. The zero-order chi connectivity index (χ0) is 30.7. The maximum atomic E-state index is 12.3. The molecule has 3 N–H and O–H groups in total. The summed E-state index contributed by atoms with van der Waals surface area (Å²) in [4.78, 5) is 22.4. The number of nitrogen functional groups attached to an aromatic ring is 1. The fourth-order valence-electron chi connectivity index (χ4n) is 4.61. The summed E-state index contributed by atoms with van der Waals surface area (Å²) in [6, 6.07) is 0. The molecule has 9 nitrogen and oxygen atoms in total.